The molecule has 0 amide bonds. The van der Waals surface area contributed by atoms with E-state index in [2.05, 4.69) is 11.9 Å². The average molecular weight is 315 g/mol. The van der Waals surface area contributed by atoms with Gasteiger partial charge in [0, 0.05) is 0 Å². The van der Waals surface area contributed by atoms with Gasteiger partial charge in [0.2, 0.25) is 0 Å². The second-order valence-corrected chi connectivity index (χ2v) is 5.17. The van der Waals surface area contributed by atoms with Gasteiger partial charge in [0.25, 0.3) is 0 Å². The van der Waals surface area contributed by atoms with Crippen LogP contribution in [-0.4, -0.2) is 22.7 Å². The fourth-order valence-electron chi connectivity index (χ4n) is 1.98. The van der Waals surface area contributed by atoms with Crippen LogP contribution in [-0.2, 0) is 6.61 Å². The summed E-state index contributed by atoms with van der Waals surface area (Å²) in [5, 5.41) is 8.79. The molecule has 2 rings (SSSR count). The number of pyridine rings is 1. The summed E-state index contributed by atoms with van der Waals surface area (Å²) >= 11 is 0. The molecule has 122 valence electrons. The molecule has 0 aliphatic carbocycles. The number of aromatic nitrogens is 1. The average Bonchev–Trinajstić information content (AvgIpc) is 2.58. The van der Waals surface area contributed by atoms with Gasteiger partial charge in [-0.1, -0.05) is 31.9 Å². The van der Waals surface area contributed by atoms with Crippen LogP contribution in [0.25, 0.3) is 0 Å². The maximum absolute atomic E-state index is 10.7. The molecule has 0 aliphatic rings. The van der Waals surface area contributed by atoms with Crippen molar-refractivity contribution in [2.24, 2.45) is 0 Å². The van der Waals surface area contributed by atoms with Crippen LogP contribution in [0.1, 0.15) is 42.2 Å². The number of nitrogens with zero attached hydrogens (tertiary/aromatic N) is 1. The van der Waals surface area contributed by atoms with Crippen molar-refractivity contribution < 1.29 is 19.4 Å². The standard InChI is InChI=1S/C18H21NO4/c1-2-3-4-11-22-15-7-5-14(6-8-15)13-23-16-9-10-17(18(20)21)19-12-16/h5-10,12H,2-4,11,13H2,1H3,(H,20,21). The number of hydrogen-bond acceptors (Lipinski definition) is 4. The molecule has 0 aliphatic heterocycles. The van der Waals surface area contributed by atoms with Crippen LogP contribution < -0.4 is 9.47 Å². The first kappa shape index (κ1) is 16.8. The Morgan fingerprint density at radius 2 is 1.78 bits per heavy atom. The first-order valence-electron chi connectivity index (χ1n) is 7.73. The van der Waals surface area contributed by atoms with Gasteiger partial charge in [-0.15, -0.1) is 0 Å². The predicted molar refractivity (Wildman–Crippen MR) is 87.0 cm³/mol. The van der Waals surface area contributed by atoms with E-state index >= 15 is 0 Å². The van der Waals surface area contributed by atoms with Crippen LogP contribution in [0.5, 0.6) is 11.5 Å². The SMILES string of the molecule is CCCCCOc1ccc(COc2ccc(C(=O)O)nc2)cc1. The van der Waals surface area contributed by atoms with Gasteiger partial charge >= 0.3 is 5.97 Å². The first-order valence-corrected chi connectivity index (χ1v) is 7.73. The molecule has 0 bridgehead atoms. The number of ether oxygens (including phenoxy) is 2. The minimum Gasteiger partial charge on any atom is -0.494 e. The van der Waals surface area contributed by atoms with Crippen molar-refractivity contribution in [3.63, 3.8) is 0 Å². The summed E-state index contributed by atoms with van der Waals surface area (Å²) < 4.78 is 11.2. The second kappa shape index (κ2) is 8.78. The van der Waals surface area contributed by atoms with Crippen LogP contribution >= 0.6 is 0 Å². The van der Waals surface area contributed by atoms with Gasteiger partial charge in [0.05, 0.1) is 12.8 Å². The molecular formula is C18H21NO4. The Morgan fingerprint density at radius 3 is 2.39 bits per heavy atom. The topological polar surface area (TPSA) is 68.7 Å². The summed E-state index contributed by atoms with van der Waals surface area (Å²) in [5.41, 5.74) is 1.01. The normalized spacial score (nSPS) is 10.3. The zero-order valence-corrected chi connectivity index (χ0v) is 13.2. The van der Waals surface area contributed by atoms with Gasteiger partial charge < -0.3 is 14.6 Å². The van der Waals surface area contributed by atoms with E-state index in [-0.39, 0.29) is 5.69 Å². The van der Waals surface area contributed by atoms with E-state index in [1.165, 1.54) is 25.1 Å². The van der Waals surface area contributed by atoms with Crippen molar-refractivity contribution >= 4 is 5.97 Å². The van der Waals surface area contributed by atoms with E-state index in [1.54, 1.807) is 6.07 Å². The maximum atomic E-state index is 10.7. The highest BCUT2D eigenvalue weighted by Crippen LogP contribution is 2.16. The van der Waals surface area contributed by atoms with Crippen LogP contribution in [0.3, 0.4) is 0 Å². The quantitative estimate of drug-likeness (QED) is 0.710. The van der Waals surface area contributed by atoms with Crippen LogP contribution in [0, 0.1) is 0 Å². The molecule has 1 aromatic heterocycles. The Kier molecular flexibility index (Phi) is 6.41. The molecule has 1 N–H and O–H groups in total. The molecule has 0 radical (unpaired) electrons. The minimum atomic E-state index is -1.05. The van der Waals surface area contributed by atoms with Crippen molar-refractivity contribution in [2.45, 2.75) is 32.8 Å². The Hall–Kier alpha value is -2.56. The third kappa shape index (κ3) is 5.62. The molecule has 0 saturated heterocycles. The molecule has 0 spiro atoms. The van der Waals surface area contributed by atoms with E-state index in [0.717, 1.165) is 24.3 Å². The van der Waals surface area contributed by atoms with E-state index in [0.29, 0.717) is 12.4 Å². The fourth-order valence-corrected chi connectivity index (χ4v) is 1.98. The highest BCUT2D eigenvalue weighted by Gasteiger charge is 2.04. The van der Waals surface area contributed by atoms with E-state index in [4.69, 9.17) is 14.6 Å². The van der Waals surface area contributed by atoms with Gasteiger partial charge in [0.1, 0.15) is 23.8 Å². The van der Waals surface area contributed by atoms with Crippen LogP contribution in [0.4, 0.5) is 0 Å². The lowest BCUT2D eigenvalue weighted by atomic mass is 10.2. The van der Waals surface area contributed by atoms with Gasteiger partial charge in [-0.2, -0.15) is 0 Å². The highest BCUT2D eigenvalue weighted by molar-refractivity contribution is 5.85. The van der Waals surface area contributed by atoms with Crippen molar-refractivity contribution in [1.29, 1.82) is 0 Å². The largest absolute Gasteiger partial charge is 0.494 e. The smallest absolute Gasteiger partial charge is 0.354 e. The number of benzene rings is 1. The molecule has 5 heteroatoms. The summed E-state index contributed by atoms with van der Waals surface area (Å²) in [4.78, 5) is 14.5. The summed E-state index contributed by atoms with van der Waals surface area (Å²) in [5.74, 6) is 0.346. The van der Waals surface area contributed by atoms with Gasteiger partial charge in [-0.25, -0.2) is 9.78 Å². The van der Waals surface area contributed by atoms with Crippen molar-refractivity contribution in [3.8, 4) is 11.5 Å². The number of carbonyl (C=O) groups is 1. The molecule has 1 heterocycles. The Labute approximate surface area is 135 Å². The molecule has 0 atom stereocenters. The van der Waals surface area contributed by atoms with E-state index in [1.807, 2.05) is 24.3 Å². The lowest BCUT2D eigenvalue weighted by Gasteiger charge is -2.08. The predicted octanol–water partition coefficient (Wildman–Crippen LogP) is 3.93. The molecule has 0 fully saturated rings. The number of aromatic carboxylic acids is 1. The van der Waals surface area contributed by atoms with Gasteiger partial charge in [-0.3, -0.25) is 0 Å². The lowest BCUT2D eigenvalue weighted by Crippen LogP contribution is -2.01. The molecule has 2 aromatic rings. The first-order chi connectivity index (χ1) is 11.2. The third-order valence-electron chi connectivity index (χ3n) is 3.30. The zero-order valence-electron chi connectivity index (χ0n) is 13.2. The molecule has 5 nitrogen and oxygen atoms in total. The third-order valence-corrected chi connectivity index (χ3v) is 3.30. The Morgan fingerprint density at radius 1 is 1.04 bits per heavy atom. The van der Waals surface area contributed by atoms with Crippen molar-refractivity contribution in [2.75, 3.05) is 6.61 Å². The summed E-state index contributed by atoms with van der Waals surface area (Å²) in [6.07, 6.45) is 4.85. The van der Waals surface area contributed by atoms with Gasteiger partial charge in [-0.05, 0) is 36.2 Å². The van der Waals surface area contributed by atoms with Crippen LogP contribution in [0.15, 0.2) is 42.6 Å². The molecule has 1 aromatic carbocycles. The molecular weight excluding hydrogens is 294 g/mol. The Balaban J connectivity index is 1.80. The number of hydrogen-bond donors (Lipinski definition) is 1. The summed E-state index contributed by atoms with van der Waals surface area (Å²) in [7, 11) is 0. The Bertz CT molecular complexity index is 608. The summed E-state index contributed by atoms with van der Waals surface area (Å²) in [6.45, 7) is 3.30. The summed E-state index contributed by atoms with van der Waals surface area (Å²) in [6, 6.07) is 10.8. The monoisotopic (exact) mass is 315 g/mol. The second-order valence-electron chi connectivity index (χ2n) is 5.17. The zero-order chi connectivity index (χ0) is 16.5. The lowest BCUT2D eigenvalue weighted by molar-refractivity contribution is 0.0690. The van der Waals surface area contributed by atoms with Gasteiger partial charge in [0.15, 0.2) is 0 Å². The van der Waals surface area contributed by atoms with E-state index in [9.17, 15) is 4.79 Å². The van der Waals surface area contributed by atoms with Crippen molar-refractivity contribution in [3.05, 3.63) is 53.9 Å². The minimum absolute atomic E-state index is 0.00178. The molecule has 23 heavy (non-hydrogen) atoms. The number of rotatable bonds is 9. The number of unbranched alkanes of at least 4 members (excludes halogenated alkanes) is 2. The molecule has 0 saturated carbocycles. The number of carboxylic acid groups (broad SMARTS) is 1. The molecule has 0 unspecified atom stereocenters. The number of carboxylic acids is 1. The highest BCUT2D eigenvalue weighted by atomic mass is 16.5. The fraction of sp³-hybridized carbons (Fsp3) is 0.333. The van der Waals surface area contributed by atoms with Crippen molar-refractivity contribution in [1.82, 2.24) is 4.98 Å². The van der Waals surface area contributed by atoms with E-state index < -0.39 is 5.97 Å². The van der Waals surface area contributed by atoms with Crippen LogP contribution in [0.2, 0.25) is 0 Å². The maximum Gasteiger partial charge on any atom is 0.354 e.